The molecule has 5 heteroatoms. The van der Waals surface area contributed by atoms with Crippen LogP contribution in [0.15, 0.2) is 29.8 Å². The molecule has 0 aliphatic rings. The summed E-state index contributed by atoms with van der Waals surface area (Å²) in [6.45, 7) is -1.02. The third kappa shape index (κ3) is 3.71. The van der Waals surface area contributed by atoms with E-state index in [2.05, 4.69) is 4.74 Å². The van der Waals surface area contributed by atoms with E-state index in [-0.39, 0.29) is 10.8 Å². The van der Waals surface area contributed by atoms with Crippen molar-refractivity contribution in [3.05, 3.63) is 35.4 Å². The number of ether oxygens (including phenoxy) is 1. The van der Waals surface area contributed by atoms with Crippen molar-refractivity contribution in [1.82, 2.24) is 0 Å². The molecule has 0 amide bonds. The summed E-state index contributed by atoms with van der Waals surface area (Å²) in [5.74, 6) is -0.0265. The van der Waals surface area contributed by atoms with E-state index in [1.807, 2.05) is 13.0 Å². The van der Waals surface area contributed by atoms with Crippen LogP contribution in [0.25, 0.3) is 5.03 Å². The molecule has 0 aromatic heterocycles. The Labute approximate surface area is 109 Å². The molecule has 0 aliphatic heterocycles. The van der Waals surface area contributed by atoms with Crippen molar-refractivity contribution >= 4 is 16.6 Å². The molecule has 0 saturated heterocycles. The minimum absolute atomic E-state index is 0.0265. The van der Waals surface area contributed by atoms with E-state index < -0.39 is 6.61 Å². The van der Waals surface area contributed by atoms with Gasteiger partial charge in [0.05, 0.1) is 11.1 Å². The number of hydrogen-bond acceptors (Lipinski definition) is 2. The van der Waals surface area contributed by atoms with Gasteiger partial charge in [-0.05, 0) is 18.6 Å². The molecule has 1 aromatic rings. The predicted molar refractivity (Wildman–Crippen MR) is 66.4 cm³/mol. The maximum Gasteiger partial charge on any atom is 0.387 e. The van der Waals surface area contributed by atoms with Gasteiger partial charge in [-0.3, -0.25) is 0 Å². The van der Waals surface area contributed by atoms with Gasteiger partial charge in [-0.1, -0.05) is 37.1 Å². The van der Waals surface area contributed by atoms with E-state index in [0.717, 1.165) is 6.42 Å². The fourth-order valence-electron chi connectivity index (χ4n) is 1.47. The molecular formula is C13H12ClF2NO. The van der Waals surface area contributed by atoms with E-state index in [1.165, 1.54) is 6.07 Å². The molecule has 0 aliphatic carbocycles. The van der Waals surface area contributed by atoms with Crippen LogP contribution in [-0.4, -0.2) is 6.61 Å². The molecule has 2 nitrogen and oxygen atoms in total. The summed E-state index contributed by atoms with van der Waals surface area (Å²) in [5.41, 5.74) is 0.675. The fourth-order valence-corrected chi connectivity index (χ4v) is 1.77. The Morgan fingerprint density at radius 3 is 2.67 bits per heavy atom. The number of nitriles is 1. The molecule has 96 valence electrons. The molecule has 1 rings (SSSR count). The summed E-state index contributed by atoms with van der Waals surface area (Å²) in [4.78, 5) is 0. The molecule has 0 radical (unpaired) electrons. The molecule has 0 heterocycles. The van der Waals surface area contributed by atoms with E-state index in [1.54, 1.807) is 18.2 Å². The molecule has 0 atom stereocenters. The van der Waals surface area contributed by atoms with Crippen LogP contribution in [0.4, 0.5) is 8.78 Å². The van der Waals surface area contributed by atoms with E-state index >= 15 is 0 Å². The average molecular weight is 272 g/mol. The van der Waals surface area contributed by atoms with Gasteiger partial charge in [0.15, 0.2) is 0 Å². The van der Waals surface area contributed by atoms with Gasteiger partial charge in [-0.15, -0.1) is 0 Å². The van der Waals surface area contributed by atoms with Crippen LogP contribution in [0.1, 0.15) is 25.3 Å². The van der Waals surface area contributed by atoms with Crippen molar-refractivity contribution in [2.45, 2.75) is 26.4 Å². The van der Waals surface area contributed by atoms with Crippen molar-refractivity contribution in [3.8, 4) is 11.8 Å². The highest BCUT2D eigenvalue weighted by Crippen LogP contribution is 2.33. The number of hydrogen-bond donors (Lipinski definition) is 0. The number of benzene rings is 1. The van der Waals surface area contributed by atoms with Crippen molar-refractivity contribution in [2.75, 3.05) is 0 Å². The zero-order chi connectivity index (χ0) is 13.5. The molecule has 0 spiro atoms. The number of para-hydroxylation sites is 1. The summed E-state index contributed by atoms with van der Waals surface area (Å²) in [6, 6.07) is 8.15. The van der Waals surface area contributed by atoms with Gasteiger partial charge in [0.2, 0.25) is 0 Å². The van der Waals surface area contributed by atoms with Gasteiger partial charge in [0.25, 0.3) is 0 Å². The minimum atomic E-state index is -2.92. The Balaban J connectivity index is 3.20. The molecule has 0 bridgehead atoms. The third-order valence-corrected chi connectivity index (χ3v) is 2.67. The second-order valence-electron chi connectivity index (χ2n) is 3.53. The fraction of sp³-hybridized carbons (Fsp3) is 0.308. The molecule has 18 heavy (non-hydrogen) atoms. The molecule has 0 saturated carbocycles. The van der Waals surface area contributed by atoms with Crippen LogP contribution in [0.3, 0.4) is 0 Å². The van der Waals surface area contributed by atoms with Crippen LogP contribution < -0.4 is 4.74 Å². The largest absolute Gasteiger partial charge is 0.434 e. The Bertz CT molecular complexity index is 480. The first-order valence-electron chi connectivity index (χ1n) is 5.43. The summed E-state index contributed by atoms with van der Waals surface area (Å²) >= 11 is 6.07. The second-order valence-corrected chi connectivity index (χ2v) is 3.91. The smallest absolute Gasteiger partial charge is 0.387 e. The van der Waals surface area contributed by atoms with Crippen LogP contribution >= 0.6 is 11.6 Å². The number of alkyl halides is 2. The van der Waals surface area contributed by atoms with Crippen molar-refractivity contribution in [2.24, 2.45) is 0 Å². The quantitative estimate of drug-likeness (QED) is 0.736. The highest BCUT2D eigenvalue weighted by atomic mass is 35.5. The monoisotopic (exact) mass is 271 g/mol. The average Bonchev–Trinajstić information content (AvgIpc) is 2.35. The van der Waals surface area contributed by atoms with Gasteiger partial charge in [0, 0.05) is 11.1 Å². The lowest BCUT2D eigenvalue weighted by Gasteiger charge is -2.10. The highest BCUT2D eigenvalue weighted by molar-refractivity contribution is 6.49. The lowest BCUT2D eigenvalue weighted by Crippen LogP contribution is -2.03. The minimum Gasteiger partial charge on any atom is -0.434 e. The summed E-state index contributed by atoms with van der Waals surface area (Å²) < 4.78 is 28.9. The summed E-state index contributed by atoms with van der Waals surface area (Å²) in [7, 11) is 0. The Kier molecular flexibility index (Phi) is 5.60. The van der Waals surface area contributed by atoms with Crippen LogP contribution in [0, 0.1) is 11.3 Å². The van der Waals surface area contributed by atoms with Gasteiger partial charge >= 0.3 is 6.61 Å². The number of nitrogens with zero attached hydrogens (tertiary/aromatic N) is 1. The van der Waals surface area contributed by atoms with Crippen molar-refractivity contribution < 1.29 is 13.5 Å². The van der Waals surface area contributed by atoms with Crippen molar-refractivity contribution in [3.63, 3.8) is 0 Å². The standard InChI is InChI=1S/C13H12ClF2NO/c1-2-5-9(8-17)12(14)10-6-3-4-7-11(10)18-13(15)16/h3-4,6-7,13H,2,5H2,1H3. The maximum absolute atomic E-state index is 12.2. The van der Waals surface area contributed by atoms with Gasteiger partial charge < -0.3 is 4.74 Å². The Morgan fingerprint density at radius 1 is 1.44 bits per heavy atom. The SMILES string of the molecule is CCCC(C#N)=C(Cl)c1ccccc1OC(F)F. The normalized spacial score (nSPS) is 12.0. The molecule has 1 aromatic carbocycles. The zero-order valence-electron chi connectivity index (χ0n) is 9.79. The predicted octanol–water partition coefficient (Wildman–Crippen LogP) is 4.56. The van der Waals surface area contributed by atoms with Crippen molar-refractivity contribution in [1.29, 1.82) is 5.26 Å². The maximum atomic E-state index is 12.2. The lowest BCUT2D eigenvalue weighted by molar-refractivity contribution is -0.0500. The molecular weight excluding hydrogens is 260 g/mol. The van der Waals surface area contributed by atoms with Gasteiger partial charge in [-0.2, -0.15) is 14.0 Å². The van der Waals surface area contributed by atoms with E-state index in [9.17, 15) is 8.78 Å². The first-order valence-corrected chi connectivity index (χ1v) is 5.80. The summed E-state index contributed by atoms with van der Waals surface area (Å²) in [5, 5.41) is 9.14. The van der Waals surface area contributed by atoms with Crippen LogP contribution in [0.5, 0.6) is 5.75 Å². The second kappa shape index (κ2) is 6.97. The Morgan fingerprint density at radius 2 is 2.11 bits per heavy atom. The van der Waals surface area contributed by atoms with Gasteiger partial charge in [0.1, 0.15) is 5.75 Å². The number of halogens is 3. The first kappa shape index (κ1) is 14.5. The lowest BCUT2D eigenvalue weighted by atomic mass is 10.1. The topological polar surface area (TPSA) is 33.0 Å². The van der Waals surface area contributed by atoms with E-state index in [0.29, 0.717) is 17.6 Å². The number of allylic oxidation sites excluding steroid dienone is 1. The Hall–Kier alpha value is -1.60. The van der Waals surface area contributed by atoms with E-state index in [4.69, 9.17) is 16.9 Å². The van der Waals surface area contributed by atoms with Crippen LogP contribution in [0.2, 0.25) is 0 Å². The van der Waals surface area contributed by atoms with Gasteiger partial charge in [-0.25, -0.2) is 0 Å². The molecule has 0 unspecified atom stereocenters. The molecule has 0 fully saturated rings. The van der Waals surface area contributed by atoms with Crippen LogP contribution in [-0.2, 0) is 0 Å². The number of rotatable bonds is 5. The first-order chi connectivity index (χ1) is 8.60. The molecule has 0 N–H and O–H groups in total. The summed E-state index contributed by atoms with van der Waals surface area (Å²) in [6.07, 6.45) is 1.25. The third-order valence-electron chi connectivity index (χ3n) is 2.24. The highest BCUT2D eigenvalue weighted by Gasteiger charge is 2.14. The zero-order valence-corrected chi connectivity index (χ0v) is 10.5.